The van der Waals surface area contributed by atoms with Gasteiger partial charge >= 0.3 is 0 Å². The van der Waals surface area contributed by atoms with Gasteiger partial charge in [-0.25, -0.2) is 9.98 Å². The van der Waals surface area contributed by atoms with Gasteiger partial charge in [-0.2, -0.15) is 0 Å². The Labute approximate surface area is 153 Å². The molecule has 0 spiro atoms. The van der Waals surface area contributed by atoms with Gasteiger partial charge in [0.05, 0.1) is 23.0 Å². The summed E-state index contributed by atoms with van der Waals surface area (Å²) < 4.78 is 0. The minimum absolute atomic E-state index is 0.0241. The first-order valence-electron chi connectivity index (χ1n) is 8.33. The Morgan fingerprint density at radius 2 is 1.93 bits per heavy atom. The number of anilines is 1. The second-order valence-corrected chi connectivity index (χ2v) is 6.11. The number of hydrogen-bond donors (Lipinski definition) is 2. The molecule has 0 aliphatic carbocycles. The number of fused-ring (bicyclic) bond motifs is 1. The molecule has 2 heterocycles. The van der Waals surface area contributed by atoms with Gasteiger partial charge in [0, 0.05) is 24.1 Å². The van der Waals surface area contributed by atoms with Crippen LogP contribution in [-0.2, 0) is 0 Å². The van der Waals surface area contributed by atoms with E-state index in [4.69, 9.17) is 0 Å². The molecule has 0 fully saturated rings. The first kappa shape index (κ1) is 16.6. The maximum Gasteiger partial charge on any atom is 0.278 e. The summed E-state index contributed by atoms with van der Waals surface area (Å²) >= 11 is 0. The Morgan fingerprint density at radius 1 is 1.11 bits per heavy atom. The largest absolute Gasteiger partial charge is 0.361 e. The number of benzene rings is 2. The zero-order valence-electron chi connectivity index (χ0n) is 14.1. The number of non-ortho nitro benzene ring substituents is 1. The molecule has 1 aromatic heterocycles. The summed E-state index contributed by atoms with van der Waals surface area (Å²) in [5.41, 5.74) is 1.96. The molecular weight excluding hydrogens is 346 g/mol. The van der Waals surface area contributed by atoms with Crippen molar-refractivity contribution in [1.29, 1.82) is 0 Å². The van der Waals surface area contributed by atoms with E-state index < -0.39 is 4.92 Å². The molecule has 134 valence electrons. The SMILES string of the molecule is O=c1[nH]cnc2c1N=C(c1cccc([N+](=O)[O-])c1)C[C@@H](c1ccccc1)N2. The molecule has 0 radical (unpaired) electrons. The summed E-state index contributed by atoms with van der Waals surface area (Å²) in [6, 6.07) is 15.8. The van der Waals surface area contributed by atoms with Crippen LogP contribution in [0.3, 0.4) is 0 Å². The topological polar surface area (TPSA) is 113 Å². The molecule has 8 heteroatoms. The molecule has 0 bridgehead atoms. The lowest BCUT2D eigenvalue weighted by Crippen LogP contribution is -2.15. The fraction of sp³-hybridized carbons (Fsp3) is 0.105. The average Bonchev–Trinajstić information content (AvgIpc) is 2.90. The van der Waals surface area contributed by atoms with Crippen LogP contribution in [0.5, 0.6) is 0 Å². The summed E-state index contributed by atoms with van der Waals surface area (Å²) in [5, 5.41) is 14.4. The molecule has 2 aromatic carbocycles. The van der Waals surface area contributed by atoms with Gasteiger partial charge in [-0.1, -0.05) is 42.5 Å². The number of H-pyrrole nitrogens is 1. The quantitative estimate of drug-likeness (QED) is 0.548. The lowest BCUT2D eigenvalue weighted by atomic mass is 9.97. The molecule has 0 amide bonds. The van der Waals surface area contributed by atoms with Crippen LogP contribution in [0.15, 0.2) is 70.7 Å². The number of nitrogens with one attached hydrogen (secondary N) is 2. The van der Waals surface area contributed by atoms with Gasteiger partial charge in [-0.3, -0.25) is 14.9 Å². The zero-order chi connectivity index (χ0) is 18.8. The molecule has 2 N–H and O–H groups in total. The molecule has 3 aromatic rings. The van der Waals surface area contributed by atoms with Crippen LogP contribution in [0.1, 0.15) is 23.6 Å². The first-order valence-corrected chi connectivity index (χ1v) is 8.33. The van der Waals surface area contributed by atoms with Crippen molar-refractivity contribution >= 4 is 22.9 Å². The highest BCUT2D eigenvalue weighted by Gasteiger charge is 2.24. The predicted octanol–water partition coefficient (Wildman–Crippen LogP) is 3.36. The summed E-state index contributed by atoms with van der Waals surface area (Å²) in [6.45, 7) is 0. The van der Waals surface area contributed by atoms with Crippen molar-refractivity contribution in [3.8, 4) is 0 Å². The molecule has 1 aliphatic heterocycles. The predicted molar refractivity (Wildman–Crippen MR) is 102 cm³/mol. The second kappa shape index (κ2) is 6.83. The van der Waals surface area contributed by atoms with Gasteiger partial charge in [-0.05, 0) is 5.56 Å². The Hall–Kier alpha value is -3.81. The molecular formula is C19H15N5O3. The molecule has 27 heavy (non-hydrogen) atoms. The maximum absolute atomic E-state index is 12.3. The Kier molecular flexibility index (Phi) is 4.21. The van der Waals surface area contributed by atoms with Crippen LogP contribution in [-0.4, -0.2) is 20.6 Å². The van der Waals surface area contributed by atoms with E-state index in [2.05, 4.69) is 20.3 Å². The van der Waals surface area contributed by atoms with Crippen LogP contribution in [0.4, 0.5) is 17.2 Å². The fourth-order valence-corrected chi connectivity index (χ4v) is 3.06. The summed E-state index contributed by atoms with van der Waals surface area (Å²) in [6.07, 6.45) is 1.77. The third kappa shape index (κ3) is 3.32. The van der Waals surface area contributed by atoms with E-state index in [9.17, 15) is 14.9 Å². The number of aromatic nitrogens is 2. The molecule has 1 atom stereocenters. The van der Waals surface area contributed by atoms with Gasteiger partial charge in [0.1, 0.15) is 0 Å². The van der Waals surface area contributed by atoms with Gasteiger partial charge in [0.15, 0.2) is 11.5 Å². The third-order valence-electron chi connectivity index (χ3n) is 4.38. The summed E-state index contributed by atoms with van der Waals surface area (Å²) in [4.78, 5) is 34.2. The van der Waals surface area contributed by atoms with Crippen molar-refractivity contribution in [2.45, 2.75) is 12.5 Å². The Morgan fingerprint density at radius 3 is 2.70 bits per heavy atom. The average molecular weight is 361 g/mol. The smallest absolute Gasteiger partial charge is 0.278 e. The highest BCUT2D eigenvalue weighted by Crippen LogP contribution is 2.32. The molecule has 1 aliphatic rings. The number of nitro benzene ring substituents is 1. The number of aromatic amines is 1. The van der Waals surface area contributed by atoms with Crippen molar-refractivity contribution < 1.29 is 4.92 Å². The molecule has 0 saturated carbocycles. The van der Waals surface area contributed by atoms with Crippen molar-refractivity contribution in [1.82, 2.24) is 9.97 Å². The van der Waals surface area contributed by atoms with Crippen LogP contribution < -0.4 is 10.9 Å². The van der Waals surface area contributed by atoms with E-state index in [1.165, 1.54) is 18.5 Å². The zero-order valence-corrected chi connectivity index (χ0v) is 14.1. The highest BCUT2D eigenvalue weighted by atomic mass is 16.6. The lowest BCUT2D eigenvalue weighted by molar-refractivity contribution is -0.384. The van der Waals surface area contributed by atoms with Crippen molar-refractivity contribution in [3.63, 3.8) is 0 Å². The van der Waals surface area contributed by atoms with Crippen molar-refractivity contribution in [2.75, 3.05) is 5.32 Å². The van der Waals surface area contributed by atoms with Gasteiger partial charge in [-0.15, -0.1) is 0 Å². The number of hydrogen-bond acceptors (Lipinski definition) is 6. The van der Waals surface area contributed by atoms with Crippen molar-refractivity contribution in [2.24, 2.45) is 4.99 Å². The Balaban J connectivity index is 1.86. The third-order valence-corrected chi connectivity index (χ3v) is 4.38. The highest BCUT2D eigenvalue weighted by molar-refractivity contribution is 6.04. The van der Waals surface area contributed by atoms with E-state index in [0.29, 0.717) is 23.5 Å². The number of nitrogens with zero attached hydrogens (tertiary/aromatic N) is 3. The first-order chi connectivity index (χ1) is 13.1. The van der Waals surface area contributed by atoms with Gasteiger partial charge < -0.3 is 10.3 Å². The van der Waals surface area contributed by atoms with E-state index in [0.717, 1.165) is 5.56 Å². The molecule has 4 rings (SSSR count). The van der Waals surface area contributed by atoms with Crippen LogP contribution in [0, 0.1) is 10.1 Å². The van der Waals surface area contributed by atoms with Crippen LogP contribution in [0.2, 0.25) is 0 Å². The van der Waals surface area contributed by atoms with E-state index >= 15 is 0 Å². The number of rotatable bonds is 3. The minimum atomic E-state index is -0.448. The standard InChI is InChI=1S/C19H15N5O3/c25-19-17-18(20-11-21-19)23-15(12-5-2-1-3-6-12)10-16(22-17)13-7-4-8-14(9-13)24(26)27/h1-9,11,15H,10H2,(H2,20,21,23,25)/t15-/m0/s1. The van der Waals surface area contributed by atoms with Crippen molar-refractivity contribution in [3.05, 3.63) is 92.5 Å². The van der Waals surface area contributed by atoms with Gasteiger partial charge in [0.25, 0.3) is 11.2 Å². The second-order valence-electron chi connectivity index (χ2n) is 6.11. The number of nitro groups is 1. The van der Waals surface area contributed by atoms with Gasteiger partial charge in [0.2, 0.25) is 0 Å². The summed E-state index contributed by atoms with van der Waals surface area (Å²) in [5.74, 6) is 0.382. The molecule has 0 unspecified atom stereocenters. The van der Waals surface area contributed by atoms with Crippen LogP contribution in [0.25, 0.3) is 0 Å². The monoisotopic (exact) mass is 361 g/mol. The van der Waals surface area contributed by atoms with E-state index in [-0.39, 0.29) is 23.0 Å². The minimum Gasteiger partial charge on any atom is -0.361 e. The van der Waals surface area contributed by atoms with E-state index in [1.807, 2.05) is 30.3 Å². The number of aliphatic imine (C=N–C) groups is 1. The maximum atomic E-state index is 12.3. The summed E-state index contributed by atoms with van der Waals surface area (Å²) in [7, 11) is 0. The normalized spacial score (nSPS) is 15.9. The van der Waals surface area contributed by atoms with Crippen LogP contribution >= 0.6 is 0 Å². The van der Waals surface area contributed by atoms with E-state index in [1.54, 1.807) is 12.1 Å². The lowest BCUT2D eigenvalue weighted by Gasteiger charge is -2.18. The molecule has 8 nitrogen and oxygen atoms in total. The fourth-order valence-electron chi connectivity index (χ4n) is 3.06. The molecule has 0 saturated heterocycles. The Bertz CT molecular complexity index is 1090.